The molecule has 0 radical (unpaired) electrons. The van der Waals surface area contributed by atoms with Gasteiger partial charge in [0, 0.05) is 25.4 Å². The number of amidine groups is 1. The van der Waals surface area contributed by atoms with Crippen molar-refractivity contribution in [2.75, 3.05) is 25.4 Å². The van der Waals surface area contributed by atoms with Crippen molar-refractivity contribution in [3.8, 4) is 0 Å². The first-order valence-electron chi connectivity index (χ1n) is 5.25. The number of nitrogens with one attached hydrogen (secondary N) is 1. The van der Waals surface area contributed by atoms with Gasteiger partial charge in [0.25, 0.3) is 0 Å². The second-order valence-corrected chi connectivity index (χ2v) is 4.72. The fourth-order valence-corrected chi connectivity index (χ4v) is 2.14. The summed E-state index contributed by atoms with van der Waals surface area (Å²) < 4.78 is 5.43. The lowest BCUT2D eigenvalue weighted by molar-refractivity contribution is 0.0796. The van der Waals surface area contributed by atoms with E-state index >= 15 is 0 Å². The molecule has 0 spiro atoms. The lowest BCUT2D eigenvalue weighted by atomic mass is 10.2. The summed E-state index contributed by atoms with van der Waals surface area (Å²) in [7, 11) is 0. The van der Waals surface area contributed by atoms with Crippen LogP contribution in [-0.4, -0.2) is 36.7 Å². The molecule has 3 nitrogen and oxygen atoms in total. The van der Waals surface area contributed by atoms with E-state index in [-0.39, 0.29) is 6.10 Å². The number of thioether (sulfide) groups is 1. The smallest absolute Gasteiger partial charge is 0.156 e. The third-order valence-corrected chi connectivity index (χ3v) is 3.33. The summed E-state index contributed by atoms with van der Waals surface area (Å²) in [5, 5.41) is 4.39. The largest absolute Gasteiger partial charge is 0.377 e. The van der Waals surface area contributed by atoms with E-state index in [1.54, 1.807) is 0 Å². The lowest BCUT2D eigenvalue weighted by Crippen LogP contribution is -2.33. The zero-order chi connectivity index (χ0) is 10.4. The zero-order valence-corrected chi connectivity index (χ0v) is 10.1. The Kier molecular flexibility index (Phi) is 5.33. The van der Waals surface area contributed by atoms with Gasteiger partial charge in [0.1, 0.15) is 0 Å². The van der Waals surface area contributed by atoms with Gasteiger partial charge in [0.05, 0.1) is 6.10 Å². The molecule has 0 bridgehead atoms. The summed E-state index contributed by atoms with van der Waals surface area (Å²) >= 11 is 1.81. The highest BCUT2D eigenvalue weighted by atomic mass is 32.2. The van der Waals surface area contributed by atoms with E-state index in [0.717, 1.165) is 30.8 Å². The van der Waals surface area contributed by atoms with Crippen LogP contribution in [-0.2, 0) is 4.74 Å². The Morgan fingerprint density at radius 2 is 2.50 bits per heavy atom. The highest BCUT2D eigenvalue weighted by molar-refractivity contribution is 8.13. The topological polar surface area (TPSA) is 33.6 Å². The van der Waals surface area contributed by atoms with Crippen LogP contribution < -0.4 is 5.32 Å². The first kappa shape index (κ1) is 11.9. The van der Waals surface area contributed by atoms with Crippen molar-refractivity contribution in [1.82, 2.24) is 5.32 Å². The molecule has 1 aliphatic heterocycles. The SMILES string of the molecule is CCOC(C)CNC1=NCC(C)CS1. The molecule has 2 unspecified atom stereocenters. The minimum atomic E-state index is 0.266. The van der Waals surface area contributed by atoms with Crippen molar-refractivity contribution in [3.63, 3.8) is 0 Å². The van der Waals surface area contributed by atoms with Crippen LogP contribution in [0.3, 0.4) is 0 Å². The monoisotopic (exact) mass is 216 g/mol. The van der Waals surface area contributed by atoms with Gasteiger partial charge in [-0.25, -0.2) is 0 Å². The van der Waals surface area contributed by atoms with Gasteiger partial charge in [-0.05, 0) is 19.8 Å². The van der Waals surface area contributed by atoms with Crippen LogP contribution in [0.5, 0.6) is 0 Å². The van der Waals surface area contributed by atoms with E-state index in [9.17, 15) is 0 Å². The number of aliphatic imine (C=N–C) groups is 1. The molecular formula is C10H20N2OS. The van der Waals surface area contributed by atoms with E-state index in [1.807, 2.05) is 18.7 Å². The molecule has 0 aromatic heterocycles. The Morgan fingerprint density at radius 3 is 3.07 bits per heavy atom. The summed E-state index contributed by atoms with van der Waals surface area (Å²) in [6.45, 7) is 8.92. The summed E-state index contributed by atoms with van der Waals surface area (Å²) in [6, 6.07) is 0. The van der Waals surface area contributed by atoms with Crippen molar-refractivity contribution in [1.29, 1.82) is 0 Å². The lowest BCUT2D eigenvalue weighted by Gasteiger charge is -2.19. The van der Waals surface area contributed by atoms with E-state index in [2.05, 4.69) is 24.2 Å². The van der Waals surface area contributed by atoms with Crippen LogP contribution in [0.4, 0.5) is 0 Å². The molecule has 1 heterocycles. The second-order valence-electron chi connectivity index (χ2n) is 3.71. The van der Waals surface area contributed by atoms with Crippen LogP contribution in [0.2, 0.25) is 0 Å². The molecule has 14 heavy (non-hydrogen) atoms. The molecule has 0 saturated carbocycles. The van der Waals surface area contributed by atoms with Crippen LogP contribution in [0.15, 0.2) is 4.99 Å². The minimum absolute atomic E-state index is 0.266. The summed E-state index contributed by atoms with van der Waals surface area (Å²) in [4.78, 5) is 4.46. The van der Waals surface area contributed by atoms with Gasteiger partial charge < -0.3 is 10.1 Å². The van der Waals surface area contributed by atoms with Crippen LogP contribution in [0.1, 0.15) is 20.8 Å². The van der Waals surface area contributed by atoms with Crippen LogP contribution in [0, 0.1) is 5.92 Å². The Morgan fingerprint density at radius 1 is 1.71 bits per heavy atom. The molecule has 4 heteroatoms. The molecular weight excluding hydrogens is 196 g/mol. The fraction of sp³-hybridized carbons (Fsp3) is 0.900. The van der Waals surface area contributed by atoms with Gasteiger partial charge in [0.2, 0.25) is 0 Å². The maximum absolute atomic E-state index is 5.43. The molecule has 1 N–H and O–H groups in total. The number of ether oxygens (including phenoxy) is 1. The van der Waals surface area contributed by atoms with Crippen molar-refractivity contribution in [3.05, 3.63) is 0 Å². The molecule has 0 amide bonds. The maximum Gasteiger partial charge on any atom is 0.156 e. The third-order valence-electron chi connectivity index (χ3n) is 2.04. The number of hydrogen-bond acceptors (Lipinski definition) is 4. The summed E-state index contributed by atoms with van der Waals surface area (Å²) in [6.07, 6.45) is 0.266. The summed E-state index contributed by atoms with van der Waals surface area (Å²) in [5.41, 5.74) is 0. The van der Waals surface area contributed by atoms with Gasteiger partial charge in [-0.3, -0.25) is 4.99 Å². The average molecular weight is 216 g/mol. The quantitative estimate of drug-likeness (QED) is 0.777. The molecule has 82 valence electrons. The van der Waals surface area contributed by atoms with Gasteiger partial charge in [-0.15, -0.1) is 0 Å². The number of hydrogen-bond donors (Lipinski definition) is 1. The van der Waals surface area contributed by atoms with E-state index in [1.165, 1.54) is 5.75 Å². The van der Waals surface area contributed by atoms with Crippen molar-refractivity contribution < 1.29 is 4.74 Å². The molecule has 0 aromatic rings. The Labute approximate surface area is 90.7 Å². The predicted octanol–water partition coefficient (Wildman–Crippen LogP) is 1.74. The number of rotatable bonds is 4. The normalized spacial score (nSPS) is 24.2. The predicted molar refractivity (Wildman–Crippen MR) is 63.0 cm³/mol. The molecule has 2 atom stereocenters. The first-order valence-corrected chi connectivity index (χ1v) is 6.23. The Bertz CT molecular complexity index is 197. The van der Waals surface area contributed by atoms with E-state index in [4.69, 9.17) is 4.74 Å². The standard InChI is InChI=1S/C10H20N2OS/c1-4-13-9(3)6-12-10-11-5-8(2)7-14-10/h8-9H,4-7H2,1-3H3,(H,11,12). The van der Waals surface area contributed by atoms with Crippen molar-refractivity contribution in [2.24, 2.45) is 10.9 Å². The van der Waals surface area contributed by atoms with E-state index in [0.29, 0.717) is 0 Å². The summed E-state index contributed by atoms with van der Waals surface area (Å²) in [5.74, 6) is 1.89. The fourth-order valence-electron chi connectivity index (χ4n) is 1.24. The van der Waals surface area contributed by atoms with Gasteiger partial charge in [0.15, 0.2) is 5.17 Å². The molecule has 1 rings (SSSR count). The molecule has 0 saturated heterocycles. The van der Waals surface area contributed by atoms with E-state index < -0.39 is 0 Å². The van der Waals surface area contributed by atoms with Crippen molar-refractivity contribution >= 4 is 16.9 Å². The highest BCUT2D eigenvalue weighted by Crippen LogP contribution is 2.15. The minimum Gasteiger partial charge on any atom is -0.377 e. The molecule has 0 fully saturated rings. The van der Waals surface area contributed by atoms with Gasteiger partial charge in [-0.1, -0.05) is 18.7 Å². The highest BCUT2D eigenvalue weighted by Gasteiger charge is 2.12. The maximum atomic E-state index is 5.43. The Balaban J connectivity index is 2.18. The molecule has 1 aliphatic rings. The average Bonchev–Trinajstić information content (AvgIpc) is 2.17. The molecule has 0 aliphatic carbocycles. The third kappa shape index (κ3) is 4.33. The molecule has 0 aromatic carbocycles. The number of nitrogens with zero attached hydrogens (tertiary/aromatic N) is 1. The van der Waals surface area contributed by atoms with Crippen LogP contribution in [0.25, 0.3) is 0 Å². The second kappa shape index (κ2) is 6.30. The Hall–Kier alpha value is -0.220. The van der Waals surface area contributed by atoms with Crippen molar-refractivity contribution in [2.45, 2.75) is 26.9 Å². The van der Waals surface area contributed by atoms with Gasteiger partial charge >= 0.3 is 0 Å². The zero-order valence-electron chi connectivity index (χ0n) is 9.25. The van der Waals surface area contributed by atoms with Gasteiger partial charge in [-0.2, -0.15) is 0 Å². The first-order chi connectivity index (χ1) is 6.72. The van der Waals surface area contributed by atoms with Crippen LogP contribution >= 0.6 is 11.8 Å².